The fourth-order valence-electron chi connectivity index (χ4n) is 6.74. The van der Waals surface area contributed by atoms with Gasteiger partial charge in [0.25, 0.3) is 19.5 Å². The van der Waals surface area contributed by atoms with Crippen LogP contribution < -0.4 is 14.7 Å². The number of H-pyrrole nitrogens is 3. The zero-order chi connectivity index (χ0) is 84.6. The van der Waals surface area contributed by atoms with Crippen molar-refractivity contribution in [1.29, 1.82) is 0 Å². The number of likely N-dealkylation sites (N-methyl/N-ethyl adjacent to an activating group) is 3. The third-order valence-corrected chi connectivity index (χ3v) is 10.0. The van der Waals surface area contributed by atoms with Gasteiger partial charge in [-0.1, -0.05) is 20.7 Å². The quantitative estimate of drug-likeness (QED) is 0.152. The molecule has 3 saturated heterocycles. The normalized spacial score (nSPS) is 39.7. The van der Waals surface area contributed by atoms with E-state index in [0.717, 1.165) is 51.8 Å². The standard InChI is InChI=1S/3C17H22N6O/c3*1-11-5-6-23(15(24)8-18-3)9-14(11)22(4)17-13-7-12(2)21-16(13)19-10-20-17/h3*7,10-11,14H,5-6,8-9H2,1-2,4H3,(H,19,20,21)/t3*11-,14+/m111/s1/i1D3,5D2,6D2,7D,8D2,9D2,11D,14D;5D2,6D2,7D,8D2,9D2,11D,14D;4D3,5D2,6D2,7D,8D2,9D2. The van der Waals surface area contributed by atoms with Crippen LogP contribution in [-0.2, 0) is 14.4 Å². The summed E-state index contributed by atoms with van der Waals surface area (Å²) in [6, 6.07) is -9.78. The Morgan fingerprint density at radius 2 is 1.03 bits per heavy atom. The third kappa shape index (κ3) is 11.5. The van der Waals surface area contributed by atoms with Gasteiger partial charge in [-0.3, -0.25) is 14.4 Å². The Balaban J connectivity index is 0.000000228. The second kappa shape index (κ2) is 22.9. The Kier molecular flexibility index (Phi) is 7.09. The van der Waals surface area contributed by atoms with Gasteiger partial charge < -0.3 is 58.9 Å². The van der Waals surface area contributed by atoms with Gasteiger partial charge in [-0.25, -0.2) is 49.6 Å². The Hall–Kier alpha value is -7.86. The lowest BCUT2D eigenvalue weighted by Gasteiger charge is -2.41. The first-order chi connectivity index (χ1) is 48.7. The predicted octanol–water partition coefficient (Wildman–Crippen LogP) is 5.58. The largest absolute Gasteiger partial charge is 0.354 e. The molecular weight excluding hydrogens is 913 g/mol. The molecule has 0 aliphatic carbocycles. The van der Waals surface area contributed by atoms with E-state index in [-0.39, 0.29) is 73.3 Å². The van der Waals surface area contributed by atoms with Gasteiger partial charge in [0.15, 0.2) is 0 Å². The maximum absolute atomic E-state index is 13.1. The number of nitrogens with one attached hydrogen (secondary N) is 3. The maximum atomic E-state index is 13.1. The molecule has 3 aliphatic rings. The minimum atomic E-state index is -4.09. The van der Waals surface area contributed by atoms with Gasteiger partial charge >= 0.3 is 17.7 Å². The second-order valence-corrected chi connectivity index (χ2v) is 15.0. The summed E-state index contributed by atoms with van der Waals surface area (Å²) < 4.78 is 308. The average Bonchev–Trinajstić information content (AvgIpc) is 1.33. The molecular formula is C51H66N18O3. The van der Waals surface area contributed by atoms with Crippen molar-refractivity contribution in [1.82, 2.24) is 59.6 Å². The molecule has 6 atom stereocenters. The van der Waals surface area contributed by atoms with Crippen molar-refractivity contribution in [2.24, 2.45) is 17.7 Å². The van der Waals surface area contributed by atoms with Gasteiger partial charge in [0.2, 0.25) is 0 Å². The van der Waals surface area contributed by atoms with Crippen LogP contribution in [0.15, 0.2) is 37.1 Å². The van der Waals surface area contributed by atoms with Crippen molar-refractivity contribution in [3.8, 4) is 0 Å². The molecule has 0 spiro atoms. The number of aryl methyl sites for hydroxylation is 3. The first-order valence-electron chi connectivity index (χ1n) is 39.1. The summed E-state index contributed by atoms with van der Waals surface area (Å²) in [6.45, 7) is -12.7. The van der Waals surface area contributed by atoms with E-state index in [1.165, 1.54) is 13.8 Å². The SMILES string of the molecule is [2H]c1c(C)[nH]c2ncnc(N(C)[C@@]3([2H])C([2H])([2H])N(C(=O)C([2H])([2H])[N+]#[C-])C([2H])([2H])C([2H])([2H])[C@@]3([2H])C([2H])([2H])[2H])c12.[2H]c1c(C)[nH]c2ncnc(N(C)[C@@]3([2H])C([2H])([2H])N(C(=O)C([2H])([2H])[N+]#[C-])C([2H])([2H])C([2H])([2H])[C@@]3([2H])C)c12.[2H]c1c(C)[nH]c2ncnc(N([C@@H]3[C@H](C)C([2H])([2H])C([2H])([2H])N(C(=O)C([2H])([2H])[N+]#[C-])C3([2H])[2H])C([2H])([2H])[2H])c12. The summed E-state index contributed by atoms with van der Waals surface area (Å²) in [5.41, 5.74) is 1.03. The number of aromatic amines is 3. The van der Waals surface area contributed by atoms with E-state index in [9.17, 15) is 17.1 Å². The molecule has 3 aliphatic heterocycles. The van der Waals surface area contributed by atoms with Crippen LogP contribution in [0.4, 0.5) is 17.5 Å². The number of hydrogen-bond acceptors (Lipinski definition) is 12. The van der Waals surface area contributed by atoms with E-state index < -0.39 is 166 Å². The van der Waals surface area contributed by atoms with Crippen molar-refractivity contribution in [2.45, 2.75) is 78.7 Å². The Labute approximate surface area is 472 Å². The summed E-state index contributed by atoms with van der Waals surface area (Å²) in [5, 5.41) is -0.293. The molecule has 0 radical (unpaired) electrons. The number of anilines is 3. The Bertz CT molecular complexity index is 4780. The minimum Gasteiger partial charge on any atom is -0.354 e. The first-order valence-corrected chi connectivity index (χ1v) is 20.6. The maximum Gasteiger partial charge on any atom is 0.302 e. The van der Waals surface area contributed by atoms with Crippen LogP contribution in [0.25, 0.3) is 47.6 Å². The van der Waals surface area contributed by atoms with Gasteiger partial charge in [-0.2, -0.15) is 0 Å². The summed E-state index contributed by atoms with van der Waals surface area (Å²) in [7, 11) is 1.93. The lowest BCUT2D eigenvalue weighted by molar-refractivity contribution is -0.131. The number of nitrogens with zero attached hydrogens (tertiary/aromatic N) is 15. The van der Waals surface area contributed by atoms with Crippen LogP contribution in [0, 0.1) is 58.2 Å². The van der Waals surface area contributed by atoms with Gasteiger partial charge in [0.05, 0.1) is 49.3 Å². The van der Waals surface area contributed by atoms with Crippen molar-refractivity contribution >= 4 is 68.3 Å². The second-order valence-electron chi connectivity index (χ2n) is 15.0. The molecule has 72 heavy (non-hydrogen) atoms. The molecule has 21 nitrogen and oxygen atoms in total. The van der Waals surface area contributed by atoms with Crippen molar-refractivity contribution in [2.75, 3.05) is 94.2 Å². The van der Waals surface area contributed by atoms with Crippen LogP contribution in [0.2, 0.25) is 0 Å². The number of likely N-dealkylation sites (tertiary alicyclic amines) is 3. The molecule has 6 aromatic rings. The number of fused-ring (bicyclic) bond motifs is 3. The van der Waals surface area contributed by atoms with Crippen molar-refractivity contribution in [3.05, 3.63) is 88.4 Å². The van der Waals surface area contributed by atoms with Crippen LogP contribution in [0.3, 0.4) is 0 Å². The van der Waals surface area contributed by atoms with Crippen molar-refractivity contribution < 1.29 is 65.1 Å². The zero-order valence-electron chi connectivity index (χ0n) is 75.8. The summed E-state index contributed by atoms with van der Waals surface area (Å²) in [5.74, 6) is -16.4. The predicted molar refractivity (Wildman–Crippen MR) is 278 cm³/mol. The first kappa shape index (κ1) is 22.3. The topological polar surface area (TPSA) is 208 Å². The van der Waals surface area contributed by atoms with Crippen LogP contribution in [-0.4, -0.2) is 175 Å². The van der Waals surface area contributed by atoms with Gasteiger partial charge in [0, 0.05) is 105 Å². The summed E-state index contributed by atoms with van der Waals surface area (Å²) in [4.78, 5) is 78.5. The number of aromatic nitrogens is 9. The molecule has 21 heteroatoms. The average molecular weight is 1020 g/mol. The summed E-state index contributed by atoms with van der Waals surface area (Å²) in [6.07, 6.45) is -7.82. The smallest absolute Gasteiger partial charge is 0.302 e. The minimum absolute atomic E-state index is 0.00855. The lowest BCUT2D eigenvalue weighted by atomic mass is 9.92. The van der Waals surface area contributed by atoms with Crippen LogP contribution in [0.5, 0.6) is 0 Å². The van der Waals surface area contributed by atoms with Gasteiger partial charge in [-0.15, -0.1) is 0 Å². The van der Waals surface area contributed by atoms with Crippen LogP contribution in [0.1, 0.15) is 108 Å². The molecule has 6 aromatic heterocycles. The number of carbonyl (C=O) groups is 3. The zero-order valence-corrected chi connectivity index (χ0v) is 38.8. The monoisotopic (exact) mass is 1020 g/mol. The molecule has 9 heterocycles. The van der Waals surface area contributed by atoms with E-state index in [1.807, 2.05) is 0 Å². The molecule has 0 unspecified atom stereocenters. The molecule has 0 saturated carbocycles. The molecule has 3 fully saturated rings. The molecule has 378 valence electrons. The van der Waals surface area contributed by atoms with E-state index in [1.54, 1.807) is 6.92 Å². The molecule has 0 aromatic carbocycles. The fourth-order valence-corrected chi connectivity index (χ4v) is 6.74. The van der Waals surface area contributed by atoms with Gasteiger partial charge in [-0.05, 0) is 75.7 Å². The highest BCUT2D eigenvalue weighted by Crippen LogP contribution is 2.32. The highest BCUT2D eigenvalue weighted by Gasteiger charge is 2.36. The van der Waals surface area contributed by atoms with E-state index in [2.05, 4.69) is 59.4 Å². The summed E-state index contributed by atoms with van der Waals surface area (Å²) >= 11 is 0. The Morgan fingerprint density at radius 1 is 0.653 bits per heavy atom. The third-order valence-electron chi connectivity index (χ3n) is 10.0. The number of hydrogen-bond donors (Lipinski definition) is 3. The highest BCUT2D eigenvalue weighted by molar-refractivity contribution is 5.90. The Morgan fingerprint density at radius 3 is 1.43 bits per heavy atom. The number of carbonyl (C=O) groups excluding carboxylic acids is 3. The molecule has 0 bridgehead atoms. The van der Waals surface area contributed by atoms with E-state index >= 15 is 0 Å². The lowest BCUT2D eigenvalue weighted by Crippen LogP contribution is -2.53. The molecule has 3 N–H and O–H groups in total. The van der Waals surface area contributed by atoms with Crippen LogP contribution >= 0.6 is 0 Å². The van der Waals surface area contributed by atoms with Gasteiger partial charge in [0.1, 0.15) is 61.6 Å². The number of piperidine rings is 3. The number of amides is 3. The van der Waals surface area contributed by atoms with E-state index in [4.69, 9.17) is 67.7 Å². The molecule has 9 rings (SSSR count). The van der Waals surface area contributed by atoms with Crippen molar-refractivity contribution in [3.63, 3.8) is 0 Å². The fraction of sp³-hybridized carbons (Fsp3) is 0.529. The molecule has 3 amide bonds. The highest BCUT2D eigenvalue weighted by atomic mass is 16.2. The number of rotatable bonds is 9. The van der Waals surface area contributed by atoms with E-state index in [0.29, 0.717) is 15.5 Å².